The van der Waals surface area contributed by atoms with E-state index in [-0.39, 0.29) is 0 Å². The molecule has 192 valence electrons. The van der Waals surface area contributed by atoms with Gasteiger partial charge in [-0.05, 0) is 69.9 Å². The molecule has 0 aliphatic rings. The highest BCUT2D eigenvalue weighted by Crippen LogP contribution is 2.41. The standard InChI is InChI=1S/C32H23ClN2O4/c33-24-12-10-21(11-13-24)23-15-27-31(28(16-23)39-18-29(36)37)30-25(32(34)38)6-3-7-26(30)35(27)17-19-8-9-20-4-1-2-5-22(20)14-19/h1-16H,17-18H2,(H2,34,38)(H,36,37). The molecule has 0 radical (unpaired) electrons. The van der Waals surface area contributed by atoms with Crippen molar-refractivity contribution >= 4 is 56.1 Å². The molecule has 0 fully saturated rings. The predicted molar refractivity (Wildman–Crippen MR) is 155 cm³/mol. The highest BCUT2D eigenvalue weighted by Gasteiger charge is 2.22. The minimum Gasteiger partial charge on any atom is -0.481 e. The van der Waals surface area contributed by atoms with Crippen molar-refractivity contribution in [2.24, 2.45) is 5.73 Å². The van der Waals surface area contributed by atoms with Gasteiger partial charge in [-0.1, -0.05) is 66.2 Å². The quantitative estimate of drug-likeness (QED) is 0.233. The maximum absolute atomic E-state index is 12.5. The number of carbonyl (C=O) groups excluding carboxylic acids is 1. The summed E-state index contributed by atoms with van der Waals surface area (Å²) in [6.07, 6.45) is 0. The molecule has 0 bridgehead atoms. The van der Waals surface area contributed by atoms with Gasteiger partial charge in [0.1, 0.15) is 5.75 Å². The van der Waals surface area contributed by atoms with Crippen LogP contribution in [0.2, 0.25) is 5.02 Å². The number of fused-ring (bicyclic) bond motifs is 4. The number of rotatable bonds is 7. The van der Waals surface area contributed by atoms with Crippen molar-refractivity contribution in [3.8, 4) is 16.9 Å². The van der Waals surface area contributed by atoms with Crippen molar-refractivity contribution in [3.05, 3.63) is 113 Å². The summed E-state index contributed by atoms with van der Waals surface area (Å²) in [4.78, 5) is 24.0. The molecule has 6 rings (SSSR count). The zero-order chi connectivity index (χ0) is 27.1. The van der Waals surface area contributed by atoms with Crippen LogP contribution >= 0.6 is 11.6 Å². The SMILES string of the molecule is NC(=O)c1cccc2c1c1c(OCC(=O)O)cc(-c3ccc(Cl)cc3)cc1n2Cc1ccc2ccccc2c1. The van der Waals surface area contributed by atoms with E-state index in [1.165, 1.54) is 0 Å². The smallest absolute Gasteiger partial charge is 0.341 e. The number of carboxylic acid groups (broad SMARTS) is 1. The van der Waals surface area contributed by atoms with Gasteiger partial charge in [-0.3, -0.25) is 4.79 Å². The summed E-state index contributed by atoms with van der Waals surface area (Å²) in [6, 6.07) is 31.1. The molecule has 6 nitrogen and oxygen atoms in total. The third-order valence-corrected chi connectivity index (χ3v) is 7.16. The van der Waals surface area contributed by atoms with Crippen LogP contribution in [0.1, 0.15) is 15.9 Å². The molecule has 5 aromatic carbocycles. The van der Waals surface area contributed by atoms with Crippen LogP contribution < -0.4 is 10.5 Å². The number of hydrogen-bond donors (Lipinski definition) is 2. The molecule has 39 heavy (non-hydrogen) atoms. The van der Waals surface area contributed by atoms with E-state index in [0.29, 0.717) is 33.7 Å². The zero-order valence-corrected chi connectivity index (χ0v) is 21.5. The lowest BCUT2D eigenvalue weighted by Crippen LogP contribution is -2.11. The molecule has 1 aromatic heterocycles. The Balaban J connectivity index is 1.66. The van der Waals surface area contributed by atoms with E-state index in [1.54, 1.807) is 30.3 Å². The minimum absolute atomic E-state index is 0.342. The second-order valence-electron chi connectivity index (χ2n) is 9.39. The Morgan fingerprint density at radius 2 is 1.56 bits per heavy atom. The molecule has 0 atom stereocenters. The van der Waals surface area contributed by atoms with Gasteiger partial charge in [0.05, 0.1) is 16.4 Å². The molecule has 0 aliphatic heterocycles. The van der Waals surface area contributed by atoms with Gasteiger partial charge in [-0.15, -0.1) is 0 Å². The van der Waals surface area contributed by atoms with Crippen molar-refractivity contribution in [3.63, 3.8) is 0 Å². The van der Waals surface area contributed by atoms with Crippen LogP contribution in [0, 0.1) is 0 Å². The first kappa shape index (κ1) is 24.5. The van der Waals surface area contributed by atoms with Crippen molar-refractivity contribution < 1.29 is 19.4 Å². The zero-order valence-electron chi connectivity index (χ0n) is 20.7. The largest absolute Gasteiger partial charge is 0.481 e. The monoisotopic (exact) mass is 534 g/mol. The van der Waals surface area contributed by atoms with E-state index >= 15 is 0 Å². The highest BCUT2D eigenvalue weighted by molar-refractivity contribution is 6.30. The maximum Gasteiger partial charge on any atom is 0.341 e. The van der Waals surface area contributed by atoms with E-state index in [1.807, 2.05) is 36.4 Å². The fourth-order valence-electron chi connectivity index (χ4n) is 5.18. The predicted octanol–water partition coefficient (Wildman–Crippen LogP) is 6.88. The van der Waals surface area contributed by atoms with Crippen LogP contribution in [0.15, 0.2) is 97.1 Å². The van der Waals surface area contributed by atoms with Gasteiger partial charge in [0.2, 0.25) is 5.91 Å². The Morgan fingerprint density at radius 1 is 0.795 bits per heavy atom. The summed E-state index contributed by atoms with van der Waals surface area (Å²) in [5, 5.41) is 13.5. The van der Waals surface area contributed by atoms with Gasteiger partial charge >= 0.3 is 5.97 Å². The summed E-state index contributed by atoms with van der Waals surface area (Å²) >= 11 is 6.13. The van der Waals surface area contributed by atoms with Gasteiger partial charge in [0, 0.05) is 22.5 Å². The second-order valence-corrected chi connectivity index (χ2v) is 9.83. The first-order chi connectivity index (χ1) is 18.9. The van der Waals surface area contributed by atoms with Gasteiger partial charge < -0.3 is 20.1 Å². The van der Waals surface area contributed by atoms with Crippen LogP contribution in [-0.2, 0) is 11.3 Å². The number of halogens is 1. The van der Waals surface area contributed by atoms with Crippen LogP contribution in [-0.4, -0.2) is 28.2 Å². The Bertz CT molecular complexity index is 1910. The Kier molecular flexibility index (Phi) is 6.17. The molecule has 1 heterocycles. The van der Waals surface area contributed by atoms with Crippen molar-refractivity contribution in [2.45, 2.75) is 6.54 Å². The molecule has 0 saturated carbocycles. The van der Waals surface area contributed by atoms with E-state index in [4.69, 9.17) is 22.1 Å². The average Bonchev–Trinajstić information content (AvgIpc) is 3.25. The van der Waals surface area contributed by atoms with Gasteiger partial charge in [-0.25, -0.2) is 4.79 Å². The number of hydrogen-bond acceptors (Lipinski definition) is 3. The van der Waals surface area contributed by atoms with Crippen LogP contribution in [0.5, 0.6) is 5.75 Å². The Hall–Kier alpha value is -4.81. The molecule has 7 heteroatoms. The van der Waals surface area contributed by atoms with E-state index < -0.39 is 18.5 Å². The third kappa shape index (κ3) is 4.56. The number of nitrogens with two attached hydrogens (primary N) is 1. The van der Waals surface area contributed by atoms with Crippen molar-refractivity contribution in [1.82, 2.24) is 4.57 Å². The molecular weight excluding hydrogens is 512 g/mol. The van der Waals surface area contributed by atoms with E-state index in [2.05, 4.69) is 34.9 Å². The van der Waals surface area contributed by atoms with Crippen molar-refractivity contribution in [2.75, 3.05) is 6.61 Å². The fourth-order valence-corrected chi connectivity index (χ4v) is 5.31. The lowest BCUT2D eigenvalue weighted by molar-refractivity contribution is -0.139. The molecule has 6 aromatic rings. The lowest BCUT2D eigenvalue weighted by atomic mass is 10.0. The Morgan fingerprint density at radius 3 is 2.31 bits per heavy atom. The first-order valence-corrected chi connectivity index (χ1v) is 12.7. The minimum atomic E-state index is -1.10. The molecule has 1 amide bonds. The van der Waals surface area contributed by atoms with Gasteiger partial charge in [0.25, 0.3) is 0 Å². The molecule has 0 spiro atoms. The normalized spacial score (nSPS) is 11.3. The van der Waals surface area contributed by atoms with E-state index in [9.17, 15) is 14.7 Å². The first-order valence-electron chi connectivity index (χ1n) is 12.4. The van der Waals surface area contributed by atoms with Gasteiger partial charge in [0.15, 0.2) is 6.61 Å². The number of aromatic nitrogens is 1. The second kappa shape index (κ2) is 9.82. The number of primary amides is 1. The Labute approximate surface area is 228 Å². The summed E-state index contributed by atoms with van der Waals surface area (Å²) < 4.78 is 7.96. The van der Waals surface area contributed by atoms with Gasteiger partial charge in [-0.2, -0.15) is 0 Å². The molecule has 3 N–H and O–H groups in total. The number of amides is 1. The van der Waals surface area contributed by atoms with Crippen molar-refractivity contribution in [1.29, 1.82) is 0 Å². The summed E-state index contributed by atoms with van der Waals surface area (Å²) in [6.45, 7) is -0.0231. The fraction of sp³-hybridized carbons (Fsp3) is 0.0625. The van der Waals surface area contributed by atoms with E-state index in [0.717, 1.165) is 38.5 Å². The highest BCUT2D eigenvalue weighted by atomic mass is 35.5. The maximum atomic E-state index is 12.5. The number of carbonyl (C=O) groups is 2. The third-order valence-electron chi connectivity index (χ3n) is 6.90. The number of ether oxygens (including phenoxy) is 1. The number of benzene rings is 5. The summed E-state index contributed by atoms with van der Waals surface area (Å²) in [7, 11) is 0. The number of aliphatic carboxylic acids is 1. The number of carboxylic acids is 1. The molecule has 0 unspecified atom stereocenters. The lowest BCUT2D eigenvalue weighted by Gasteiger charge is -2.12. The number of nitrogens with zero attached hydrogens (tertiary/aromatic N) is 1. The molecule has 0 saturated heterocycles. The van der Waals surface area contributed by atoms with Crippen LogP contribution in [0.4, 0.5) is 0 Å². The summed E-state index contributed by atoms with van der Waals surface area (Å²) in [5.74, 6) is -1.32. The summed E-state index contributed by atoms with van der Waals surface area (Å²) in [5.41, 5.74) is 10.5. The van der Waals surface area contributed by atoms with Crippen LogP contribution in [0.25, 0.3) is 43.7 Å². The molecular formula is C32H23ClN2O4. The molecule has 0 aliphatic carbocycles. The topological polar surface area (TPSA) is 94.6 Å². The van der Waals surface area contributed by atoms with Crippen LogP contribution in [0.3, 0.4) is 0 Å². The average molecular weight is 535 g/mol.